The van der Waals surface area contributed by atoms with Crippen molar-refractivity contribution in [3.8, 4) is 11.5 Å². The molecule has 0 spiro atoms. The second-order valence-corrected chi connectivity index (χ2v) is 11.3. The molecule has 0 saturated carbocycles. The number of phenols is 1. The van der Waals surface area contributed by atoms with Crippen molar-refractivity contribution in [1.29, 1.82) is 0 Å². The third-order valence-corrected chi connectivity index (χ3v) is 6.37. The van der Waals surface area contributed by atoms with Gasteiger partial charge >= 0.3 is 0 Å². The van der Waals surface area contributed by atoms with Crippen LogP contribution in [0.3, 0.4) is 0 Å². The fourth-order valence-corrected chi connectivity index (χ4v) is 4.28. The molecule has 0 aromatic heterocycles. The summed E-state index contributed by atoms with van der Waals surface area (Å²) in [4.78, 5) is 25.2. The lowest BCUT2D eigenvalue weighted by atomic mass is 9.78. The highest BCUT2D eigenvalue weighted by atomic mass is 79.9. The van der Waals surface area contributed by atoms with E-state index in [0.717, 1.165) is 0 Å². The topological polar surface area (TPSA) is 87.7 Å². The van der Waals surface area contributed by atoms with Gasteiger partial charge in [0.05, 0.1) is 18.7 Å². The van der Waals surface area contributed by atoms with E-state index < -0.39 is 11.7 Å². The number of rotatable bonds is 8. The Kier molecular flexibility index (Phi) is 9.11. The van der Waals surface area contributed by atoms with Crippen molar-refractivity contribution < 1.29 is 23.8 Å². The number of aromatic hydroxyl groups is 1. The van der Waals surface area contributed by atoms with Gasteiger partial charge in [-0.1, -0.05) is 57.5 Å². The van der Waals surface area contributed by atoms with E-state index in [9.17, 15) is 14.7 Å². The van der Waals surface area contributed by atoms with Crippen molar-refractivity contribution >= 4 is 27.6 Å². The lowest BCUT2D eigenvalue weighted by Gasteiger charge is -2.28. The van der Waals surface area contributed by atoms with Gasteiger partial charge in [-0.15, -0.1) is 0 Å². The summed E-state index contributed by atoms with van der Waals surface area (Å²) in [6.07, 6.45) is 0. The molecule has 0 heterocycles. The quantitative estimate of drug-likeness (QED) is 0.371. The van der Waals surface area contributed by atoms with E-state index in [4.69, 9.17) is 4.74 Å². The lowest BCUT2D eigenvalue weighted by molar-refractivity contribution is 0.0956. The minimum absolute atomic E-state index is 0.0367. The molecule has 0 bridgehead atoms. The van der Waals surface area contributed by atoms with E-state index in [1.807, 2.05) is 41.5 Å². The van der Waals surface area contributed by atoms with Crippen LogP contribution in [0, 0.1) is 5.82 Å². The molecule has 3 N–H and O–H groups in total. The van der Waals surface area contributed by atoms with Crippen molar-refractivity contribution in [2.45, 2.75) is 65.8 Å². The summed E-state index contributed by atoms with van der Waals surface area (Å²) in [6.45, 7) is 13.8. The molecule has 0 fully saturated rings. The Morgan fingerprint density at radius 1 is 1.06 bits per heavy atom. The highest BCUT2D eigenvalue weighted by Crippen LogP contribution is 2.40. The van der Waals surface area contributed by atoms with Gasteiger partial charge < -0.3 is 20.5 Å². The number of ether oxygens (including phenoxy) is 1. The standard InChI is InChI=1S/C27H36BrFN2O4/c1-9-35-24-16(25(34)30-8)12-20(28)17(22(24)29)13-31-14-21(32)15-10-18(26(2,3)4)23(33)19(11-15)27(5,6)7/h10-12,31,33H,9,13-14H2,1-8H3,(H,30,34). The van der Waals surface area contributed by atoms with Crippen LogP contribution >= 0.6 is 15.9 Å². The van der Waals surface area contributed by atoms with Gasteiger partial charge in [-0.3, -0.25) is 9.59 Å². The van der Waals surface area contributed by atoms with Crippen LogP contribution in [-0.4, -0.2) is 37.0 Å². The van der Waals surface area contributed by atoms with Crippen molar-refractivity contribution in [3.63, 3.8) is 0 Å². The van der Waals surface area contributed by atoms with Gasteiger partial charge in [0.25, 0.3) is 5.91 Å². The van der Waals surface area contributed by atoms with Crippen molar-refractivity contribution in [2.75, 3.05) is 20.2 Å². The molecule has 2 aromatic rings. The van der Waals surface area contributed by atoms with Gasteiger partial charge in [0, 0.05) is 40.3 Å². The number of carbonyl (C=O) groups excluding carboxylic acids is 2. The molecular weight excluding hydrogens is 515 g/mol. The van der Waals surface area contributed by atoms with Gasteiger partial charge in [-0.25, -0.2) is 4.39 Å². The van der Waals surface area contributed by atoms with Gasteiger partial charge in [-0.05, 0) is 36.0 Å². The molecule has 0 aliphatic carbocycles. The second-order valence-electron chi connectivity index (χ2n) is 10.5. The Hall–Kier alpha value is -2.45. The number of Topliss-reactive ketones (excluding diaryl/α,β-unsaturated/α-hetero) is 1. The summed E-state index contributed by atoms with van der Waals surface area (Å²) in [5.74, 6) is -1.21. The highest BCUT2D eigenvalue weighted by molar-refractivity contribution is 9.10. The SMILES string of the molecule is CCOc1c(C(=O)NC)cc(Br)c(CNCC(=O)c2cc(C(C)(C)C)c(O)c(C(C)(C)C)c2)c1F. The fraction of sp³-hybridized carbons (Fsp3) is 0.481. The minimum Gasteiger partial charge on any atom is -0.507 e. The molecular formula is C27H36BrFN2O4. The van der Waals surface area contributed by atoms with Crippen LogP contribution in [0.2, 0.25) is 0 Å². The molecule has 2 rings (SSSR count). The molecule has 8 heteroatoms. The van der Waals surface area contributed by atoms with Crippen molar-refractivity contribution in [2.24, 2.45) is 0 Å². The first-order valence-electron chi connectivity index (χ1n) is 11.6. The normalized spacial score (nSPS) is 11.9. The van der Waals surface area contributed by atoms with Crippen LogP contribution in [0.25, 0.3) is 0 Å². The van der Waals surface area contributed by atoms with Crippen LogP contribution in [0.1, 0.15) is 85.9 Å². The smallest absolute Gasteiger partial charge is 0.254 e. The zero-order chi connectivity index (χ0) is 26.7. The summed E-state index contributed by atoms with van der Waals surface area (Å²) in [6, 6.07) is 4.98. The van der Waals surface area contributed by atoms with E-state index in [-0.39, 0.29) is 58.9 Å². The van der Waals surface area contributed by atoms with E-state index in [1.165, 1.54) is 13.1 Å². The first kappa shape index (κ1) is 28.8. The average Bonchev–Trinajstić information content (AvgIpc) is 2.75. The maximum absolute atomic E-state index is 15.2. The summed E-state index contributed by atoms with van der Waals surface area (Å²) in [7, 11) is 1.46. The molecule has 0 unspecified atom stereocenters. The molecule has 1 amide bonds. The molecule has 0 saturated heterocycles. The summed E-state index contributed by atoms with van der Waals surface area (Å²) >= 11 is 3.34. The Labute approximate surface area is 215 Å². The zero-order valence-electron chi connectivity index (χ0n) is 21.8. The van der Waals surface area contributed by atoms with Gasteiger partial charge in [0.15, 0.2) is 17.3 Å². The van der Waals surface area contributed by atoms with Crippen molar-refractivity contribution in [1.82, 2.24) is 10.6 Å². The number of phenolic OH excluding ortho intramolecular Hbond substituents is 1. The number of hydrogen-bond acceptors (Lipinski definition) is 5. The maximum Gasteiger partial charge on any atom is 0.254 e. The molecule has 0 aliphatic heterocycles. The molecule has 0 aliphatic rings. The first-order chi connectivity index (χ1) is 16.1. The molecule has 2 aromatic carbocycles. The van der Waals surface area contributed by atoms with E-state index in [1.54, 1.807) is 19.1 Å². The average molecular weight is 551 g/mol. The van der Waals surface area contributed by atoms with Crippen molar-refractivity contribution in [3.05, 3.63) is 56.3 Å². The second kappa shape index (κ2) is 11.1. The van der Waals surface area contributed by atoms with Crippen LogP contribution in [-0.2, 0) is 17.4 Å². The summed E-state index contributed by atoms with van der Waals surface area (Å²) in [5, 5.41) is 16.4. The summed E-state index contributed by atoms with van der Waals surface area (Å²) in [5.41, 5.74) is 1.52. The van der Waals surface area contributed by atoms with E-state index in [2.05, 4.69) is 26.6 Å². The van der Waals surface area contributed by atoms with Crippen LogP contribution < -0.4 is 15.4 Å². The van der Waals surface area contributed by atoms with Gasteiger partial charge in [-0.2, -0.15) is 0 Å². The third-order valence-electron chi connectivity index (χ3n) is 5.66. The van der Waals surface area contributed by atoms with Crippen LogP contribution in [0.4, 0.5) is 4.39 Å². The molecule has 35 heavy (non-hydrogen) atoms. The Morgan fingerprint density at radius 2 is 1.60 bits per heavy atom. The van der Waals surface area contributed by atoms with E-state index in [0.29, 0.717) is 21.2 Å². The predicted octanol–water partition coefficient (Wildman–Crippen LogP) is 5.62. The van der Waals surface area contributed by atoms with Gasteiger partial charge in [0.1, 0.15) is 5.75 Å². The number of benzene rings is 2. The highest BCUT2D eigenvalue weighted by Gasteiger charge is 2.28. The largest absolute Gasteiger partial charge is 0.507 e. The third kappa shape index (κ3) is 6.61. The monoisotopic (exact) mass is 550 g/mol. The minimum atomic E-state index is -0.658. The molecule has 0 atom stereocenters. The molecule has 6 nitrogen and oxygen atoms in total. The number of ketones is 1. The molecule has 192 valence electrons. The fourth-order valence-electron chi connectivity index (χ4n) is 3.73. The Morgan fingerprint density at radius 3 is 2.06 bits per heavy atom. The number of nitrogens with one attached hydrogen (secondary N) is 2. The number of halogens is 2. The Balaban J connectivity index is 2.33. The Bertz CT molecular complexity index is 1080. The molecule has 0 radical (unpaired) electrons. The van der Waals surface area contributed by atoms with Gasteiger partial charge in [0.2, 0.25) is 0 Å². The van der Waals surface area contributed by atoms with E-state index >= 15 is 4.39 Å². The lowest BCUT2D eigenvalue weighted by Crippen LogP contribution is -2.26. The predicted molar refractivity (Wildman–Crippen MR) is 140 cm³/mol. The number of carbonyl (C=O) groups is 2. The van der Waals surface area contributed by atoms with Crippen LogP contribution in [0.15, 0.2) is 22.7 Å². The first-order valence-corrected chi connectivity index (χ1v) is 12.4. The van der Waals surface area contributed by atoms with Crippen LogP contribution in [0.5, 0.6) is 11.5 Å². The number of hydrogen-bond donors (Lipinski definition) is 3. The summed E-state index contributed by atoms with van der Waals surface area (Å²) < 4.78 is 21.1. The zero-order valence-corrected chi connectivity index (χ0v) is 23.4. The maximum atomic E-state index is 15.2. The number of amides is 1.